The zero-order valence-corrected chi connectivity index (χ0v) is 8.02. The summed E-state index contributed by atoms with van der Waals surface area (Å²) in [4.78, 5) is 0. The van der Waals surface area contributed by atoms with Gasteiger partial charge in [-0.15, -0.1) is 0 Å². The summed E-state index contributed by atoms with van der Waals surface area (Å²) in [5.41, 5.74) is 2.05. The largest absolute Gasteiger partial charge is 0.207 e. The molecule has 0 aliphatic heterocycles. The Labute approximate surface area is 78.8 Å². The highest BCUT2D eigenvalue weighted by molar-refractivity contribution is 5.24. The summed E-state index contributed by atoms with van der Waals surface area (Å²) in [6.45, 7) is 1.83. The van der Waals surface area contributed by atoms with Crippen LogP contribution in [-0.2, 0) is 6.42 Å². The molecule has 13 heavy (non-hydrogen) atoms. The number of hydrogen-bond acceptors (Lipinski definition) is 0. The normalized spacial score (nSPS) is 16.2. The van der Waals surface area contributed by atoms with Gasteiger partial charge in [-0.25, -0.2) is 4.39 Å². The molecule has 0 heterocycles. The molecule has 1 aliphatic rings. The fraction of sp³-hybridized carbons (Fsp3) is 0.500. The highest BCUT2D eigenvalue weighted by Gasteiger charge is 2.20. The van der Waals surface area contributed by atoms with Crippen molar-refractivity contribution in [1.29, 1.82) is 0 Å². The Kier molecular flexibility index (Phi) is 2.34. The monoisotopic (exact) mass is 178 g/mol. The first-order valence-corrected chi connectivity index (χ1v) is 5.01. The fourth-order valence-electron chi connectivity index (χ4n) is 1.64. The predicted molar refractivity (Wildman–Crippen MR) is 52.2 cm³/mol. The van der Waals surface area contributed by atoms with Crippen LogP contribution in [0.25, 0.3) is 0 Å². The van der Waals surface area contributed by atoms with Crippen LogP contribution in [0.2, 0.25) is 0 Å². The topological polar surface area (TPSA) is 0 Å². The van der Waals surface area contributed by atoms with Crippen molar-refractivity contribution < 1.29 is 4.39 Å². The highest BCUT2D eigenvalue weighted by atomic mass is 19.1. The molecule has 1 aliphatic carbocycles. The second-order valence-electron chi connectivity index (χ2n) is 4.07. The zero-order chi connectivity index (χ0) is 9.26. The van der Waals surface area contributed by atoms with Crippen LogP contribution in [-0.4, -0.2) is 0 Å². The van der Waals surface area contributed by atoms with E-state index in [2.05, 4.69) is 0 Å². The number of benzene rings is 1. The molecule has 0 aromatic heterocycles. The van der Waals surface area contributed by atoms with Crippen LogP contribution in [0.3, 0.4) is 0 Å². The van der Waals surface area contributed by atoms with Crippen LogP contribution in [0.4, 0.5) is 4.39 Å². The minimum atomic E-state index is -0.0878. The summed E-state index contributed by atoms with van der Waals surface area (Å²) < 4.78 is 12.9. The van der Waals surface area contributed by atoms with Gasteiger partial charge in [0.2, 0.25) is 0 Å². The maximum Gasteiger partial charge on any atom is 0.126 e. The Morgan fingerprint density at radius 3 is 2.77 bits per heavy atom. The molecule has 1 heteroatoms. The van der Waals surface area contributed by atoms with Crippen molar-refractivity contribution in [2.24, 2.45) is 5.92 Å². The molecule has 70 valence electrons. The van der Waals surface area contributed by atoms with E-state index in [1.54, 1.807) is 6.07 Å². The van der Waals surface area contributed by atoms with Gasteiger partial charge in [0.1, 0.15) is 5.82 Å². The Morgan fingerprint density at radius 2 is 2.15 bits per heavy atom. The molecule has 0 saturated heterocycles. The molecule has 0 amide bonds. The van der Waals surface area contributed by atoms with Crippen LogP contribution in [0, 0.1) is 18.7 Å². The van der Waals surface area contributed by atoms with E-state index >= 15 is 0 Å². The maximum absolute atomic E-state index is 12.9. The molecule has 2 rings (SSSR count). The molecule has 1 fully saturated rings. The van der Waals surface area contributed by atoms with Crippen molar-refractivity contribution >= 4 is 0 Å². The number of rotatable bonds is 3. The lowest BCUT2D eigenvalue weighted by molar-refractivity contribution is 0.616. The zero-order valence-electron chi connectivity index (χ0n) is 8.02. The van der Waals surface area contributed by atoms with Crippen LogP contribution in [0.1, 0.15) is 30.4 Å². The van der Waals surface area contributed by atoms with E-state index in [9.17, 15) is 4.39 Å². The number of halogens is 1. The average Bonchev–Trinajstić information content (AvgIpc) is 2.91. The Morgan fingerprint density at radius 1 is 1.38 bits per heavy atom. The van der Waals surface area contributed by atoms with Gasteiger partial charge in [0.05, 0.1) is 0 Å². The summed E-state index contributed by atoms with van der Waals surface area (Å²) in [7, 11) is 0. The van der Waals surface area contributed by atoms with E-state index < -0.39 is 0 Å². The number of aryl methyl sites for hydroxylation is 2. The standard InChI is InChI=1S/C12H15F/c1-9-8-11(6-7-12(9)13)5-4-10-2-3-10/h6-8,10H,2-5H2,1H3. The summed E-state index contributed by atoms with van der Waals surface area (Å²) in [6, 6.07) is 5.46. The van der Waals surface area contributed by atoms with E-state index in [1.807, 2.05) is 19.1 Å². The molecule has 0 spiro atoms. The van der Waals surface area contributed by atoms with Gasteiger partial charge < -0.3 is 0 Å². The summed E-state index contributed by atoms with van der Waals surface area (Å²) >= 11 is 0. The van der Waals surface area contributed by atoms with Crippen molar-refractivity contribution in [3.05, 3.63) is 35.1 Å². The first-order chi connectivity index (χ1) is 6.25. The second-order valence-corrected chi connectivity index (χ2v) is 4.07. The van der Waals surface area contributed by atoms with Crippen molar-refractivity contribution in [2.75, 3.05) is 0 Å². The van der Waals surface area contributed by atoms with E-state index in [4.69, 9.17) is 0 Å². The second kappa shape index (κ2) is 3.49. The summed E-state index contributed by atoms with van der Waals surface area (Å²) in [5.74, 6) is 0.875. The lowest BCUT2D eigenvalue weighted by Crippen LogP contribution is -1.89. The van der Waals surface area contributed by atoms with Gasteiger partial charge in [-0.1, -0.05) is 25.0 Å². The van der Waals surface area contributed by atoms with Gasteiger partial charge in [0, 0.05) is 0 Å². The summed E-state index contributed by atoms with van der Waals surface area (Å²) in [6.07, 6.45) is 5.21. The maximum atomic E-state index is 12.9. The van der Waals surface area contributed by atoms with Gasteiger partial charge in [0.15, 0.2) is 0 Å². The minimum absolute atomic E-state index is 0.0878. The third-order valence-electron chi connectivity index (χ3n) is 2.76. The van der Waals surface area contributed by atoms with E-state index in [1.165, 1.54) is 24.8 Å². The third kappa shape index (κ3) is 2.30. The van der Waals surface area contributed by atoms with E-state index in [0.29, 0.717) is 0 Å². The van der Waals surface area contributed by atoms with Crippen molar-refractivity contribution in [2.45, 2.75) is 32.6 Å². The SMILES string of the molecule is Cc1cc(CCC2CC2)ccc1F. The summed E-state index contributed by atoms with van der Waals surface area (Å²) in [5, 5.41) is 0. The van der Waals surface area contributed by atoms with E-state index in [-0.39, 0.29) is 5.82 Å². The smallest absolute Gasteiger partial charge is 0.126 e. The Hall–Kier alpha value is -0.850. The quantitative estimate of drug-likeness (QED) is 0.664. The van der Waals surface area contributed by atoms with Crippen LogP contribution >= 0.6 is 0 Å². The molecule has 0 radical (unpaired) electrons. The van der Waals surface area contributed by atoms with Crippen LogP contribution in [0.5, 0.6) is 0 Å². The van der Waals surface area contributed by atoms with Crippen LogP contribution in [0.15, 0.2) is 18.2 Å². The molecular weight excluding hydrogens is 163 g/mol. The first-order valence-electron chi connectivity index (χ1n) is 5.01. The average molecular weight is 178 g/mol. The van der Waals surface area contributed by atoms with Gasteiger partial charge in [-0.2, -0.15) is 0 Å². The van der Waals surface area contributed by atoms with E-state index in [0.717, 1.165) is 17.9 Å². The molecule has 0 N–H and O–H groups in total. The lowest BCUT2D eigenvalue weighted by Gasteiger charge is -2.02. The van der Waals surface area contributed by atoms with Gasteiger partial charge in [-0.3, -0.25) is 0 Å². The Balaban J connectivity index is 1.98. The molecule has 0 bridgehead atoms. The molecule has 1 aromatic carbocycles. The lowest BCUT2D eigenvalue weighted by atomic mass is 10.1. The minimum Gasteiger partial charge on any atom is -0.207 e. The van der Waals surface area contributed by atoms with Crippen molar-refractivity contribution in [3.8, 4) is 0 Å². The fourth-order valence-corrected chi connectivity index (χ4v) is 1.64. The molecule has 0 unspecified atom stereocenters. The van der Waals surface area contributed by atoms with Gasteiger partial charge in [-0.05, 0) is 42.9 Å². The molecule has 0 nitrogen and oxygen atoms in total. The van der Waals surface area contributed by atoms with Crippen molar-refractivity contribution in [3.63, 3.8) is 0 Å². The third-order valence-corrected chi connectivity index (χ3v) is 2.76. The first kappa shape index (κ1) is 8.74. The predicted octanol–water partition coefficient (Wildman–Crippen LogP) is 3.48. The molecule has 1 saturated carbocycles. The van der Waals surface area contributed by atoms with Gasteiger partial charge in [0.25, 0.3) is 0 Å². The Bertz CT molecular complexity index is 300. The molecular formula is C12H15F. The van der Waals surface area contributed by atoms with Crippen molar-refractivity contribution in [1.82, 2.24) is 0 Å². The molecule has 1 aromatic rings. The van der Waals surface area contributed by atoms with Crippen LogP contribution < -0.4 is 0 Å². The number of hydrogen-bond donors (Lipinski definition) is 0. The van der Waals surface area contributed by atoms with Gasteiger partial charge >= 0.3 is 0 Å². The highest BCUT2D eigenvalue weighted by Crippen LogP contribution is 2.33. The molecule has 0 atom stereocenters.